The van der Waals surface area contributed by atoms with E-state index < -0.39 is 5.60 Å². The highest BCUT2D eigenvalue weighted by Crippen LogP contribution is 2.35. The van der Waals surface area contributed by atoms with Crippen LogP contribution in [0.1, 0.15) is 29.7 Å². The maximum Gasteiger partial charge on any atom is 0.129 e. The van der Waals surface area contributed by atoms with Crippen molar-refractivity contribution >= 4 is 10.9 Å². The minimum atomic E-state index is -1.08. The topological polar surface area (TPSA) is 48.5 Å². The summed E-state index contributed by atoms with van der Waals surface area (Å²) < 4.78 is 19.5. The molecule has 3 aromatic rings. The van der Waals surface area contributed by atoms with Gasteiger partial charge in [-0.1, -0.05) is 18.2 Å². The summed E-state index contributed by atoms with van der Waals surface area (Å²) in [5.41, 5.74) is 2.83. The number of rotatable bonds is 4. The zero-order chi connectivity index (χ0) is 19.0. The van der Waals surface area contributed by atoms with Gasteiger partial charge in [-0.15, -0.1) is 0 Å². The Hall–Kier alpha value is -2.37. The van der Waals surface area contributed by atoms with Crippen LogP contribution < -0.4 is 4.74 Å². The predicted octanol–water partition coefficient (Wildman–Crippen LogP) is 4.11. The molecule has 1 aliphatic rings. The molecule has 2 heterocycles. The van der Waals surface area contributed by atoms with Gasteiger partial charge in [-0.05, 0) is 49.6 Å². The van der Waals surface area contributed by atoms with Gasteiger partial charge in [0.05, 0.1) is 12.7 Å². The maximum atomic E-state index is 14.1. The molecule has 5 heteroatoms. The number of piperidine rings is 1. The fraction of sp³-hybridized carbons (Fsp3) is 0.364. The zero-order valence-corrected chi connectivity index (χ0v) is 15.8. The number of fused-ring (bicyclic) bond motifs is 1. The van der Waals surface area contributed by atoms with Crippen LogP contribution in [0.5, 0.6) is 5.75 Å². The van der Waals surface area contributed by atoms with Crippen LogP contribution in [0.25, 0.3) is 10.9 Å². The number of H-pyrrole nitrogens is 1. The van der Waals surface area contributed by atoms with E-state index in [1.165, 1.54) is 17.0 Å². The van der Waals surface area contributed by atoms with E-state index in [2.05, 4.69) is 22.9 Å². The number of aliphatic hydroxyl groups is 1. The Labute approximate surface area is 158 Å². The number of benzene rings is 2. The summed E-state index contributed by atoms with van der Waals surface area (Å²) in [6.07, 6.45) is 1.05. The average molecular weight is 368 g/mol. The molecule has 0 atom stereocenters. The molecule has 142 valence electrons. The molecule has 0 aliphatic carbocycles. The quantitative estimate of drug-likeness (QED) is 0.729. The zero-order valence-electron chi connectivity index (χ0n) is 15.8. The SMILES string of the molecule is COc1ccc2[nH]c(C)c(CN3CCC(O)(c4ccccc4F)CC3)c2c1. The van der Waals surface area contributed by atoms with Crippen LogP contribution in [0.2, 0.25) is 0 Å². The lowest BCUT2D eigenvalue weighted by Gasteiger charge is -2.38. The molecule has 2 N–H and O–H groups in total. The third kappa shape index (κ3) is 3.33. The van der Waals surface area contributed by atoms with Crippen molar-refractivity contribution in [2.45, 2.75) is 31.9 Å². The number of likely N-dealkylation sites (tertiary alicyclic amines) is 1. The van der Waals surface area contributed by atoms with Gasteiger partial charge in [-0.25, -0.2) is 4.39 Å². The lowest BCUT2D eigenvalue weighted by Crippen LogP contribution is -2.42. The molecule has 1 aromatic heterocycles. The highest BCUT2D eigenvalue weighted by Gasteiger charge is 2.36. The fourth-order valence-electron chi connectivity index (χ4n) is 4.10. The summed E-state index contributed by atoms with van der Waals surface area (Å²) in [4.78, 5) is 5.76. The Bertz CT molecular complexity index is 958. The predicted molar refractivity (Wildman–Crippen MR) is 104 cm³/mol. The summed E-state index contributed by atoms with van der Waals surface area (Å²) in [5, 5.41) is 12.1. The summed E-state index contributed by atoms with van der Waals surface area (Å²) in [6, 6.07) is 12.6. The number of aryl methyl sites for hydroxylation is 1. The second-order valence-corrected chi connectivity index (χ2v) is 7.43. The molecule has 1 fully saturated rings. The van der Waals surface area contributed by atoms with Crippen LogP contribution in [0.3, 0.4) is 0 Å². The van der Waals surface area contributed by atoms with Crippen molar-refractivity contribution < 1.29 is 14.2 Å². The minimum absolute atomic E-state index is 0.326. The van der Waals surface area contributed by atoms with Crippen molar-refractivity contribution in [2.75, 3.05) is 20.2 Å². The number of halogens is 1. The number of aromatic amines is 1. The number of hydrogen-bond donors (Lipinski definition) is 2. The van der Waals surface area contributed by atoms with Crippen molar-refractivity contribution in [3.05, 3.63) is 65.1 Å². The van der Waals surface area contributed by atoms with Gasteiger partial charge in [0, 0.05) is 41.8 Å². The van der Waals surface area contributed by atoms with E-state index in [4.69, 9.17) is 4.74 Å². The Morgan fingerprint density at radius 2 is 1.93 bits per heavy atom. The van der Waals surface area contributed by atoms with Crippen molar-refractivity contribution in [1.82, 2.24) is 9.88 Å². The molecular weight excluding hydrogens is 343 g/mol. The molecule has 2 aromatic carbocycles. The van der Waals surface area contributed by atoms with Crippen LogP contribution in [-0.2, 0) is 12.1 Å². The normalized spacial score (nSPS) is 17.3. The second kappa shape index (κ2) is 6.98. The van der Waals surface area contributed by atoms with Gasteiger partial charge in [-0.2, -0.15) is 0 Å². The number of nitrogens with zero attached hydrogens (tertiary/aromatic N) is 1. The first-order chi connectivity index (χ1) is 13.0. The number of methoxy groups -OCH3 is 1. The number of nitrogens with one attached hydrogen (secondary N) is 1. The third-order valence-electron chi connectivity index (χ3n) is 5.77. The second-order valence-electron chi connectivity index (χ2n) is 7.43. The van der Waals surface area contributed by atoms with Gasteiger partial charge in [0.1, 0.15) is 11.6 Å². The number of hydrogen-bond acceptors (Lipinski definition) is 3. The standard InChI is InChI=1S/C22H25FN2O2/c1-15-18(17-13-16(27-2)7-8-21(17)24-15)14-25-11-9-22(26,10-12-25)19-5-3-4-6-20(19)23/h3-8,13,24,26H,9-12,14H2,1-2H3. The van der Waals surface area contributed by atoms with Crippen LogP contribution in [0.15, 0.2) is 42.5 Å². The lowest BCUT2D eigenvalue weighted by atomic mass is 9.84. The van der Waals surface area contributed by atoms with E-state index >= 15 is 0 Å². The fourth-order valence-corrected chi connectivity index (χ4v) is 4.10. The molecular formula is C22H25FN2O2. The molecule has 27 heavy (non-hydrogen) atoms. The van der Waals surface area contributed by atoms with Crippen LogP contribution in [0.4, 0.5) is 4.39 Å². The molecule has 4 rings (SSSR count). The van der Waals surface area contributed by atoms with Crippen molar-refractivity contribution in [3.8, 4) is 5.75 Å². The van der Waals surface area contributed by atoms with Crippen molar-refractivity contribution in [1.29, 1.82) is 0 Å². The number of aromatic nitrogens is 1. The molecule has 1 aliphatic heterocycles. The van der Waals surface area contributed by atoms with Crippen molar-refractivity contribution in [2.24, 2.45) is 0 Å². The minimum Gasteiger partial charge on any atom is -0.497 e. The molecule has 0 bridgehead atoms. The van der Waals surface area contributed by atoms with E-state index in [1.54, 1.807) is 25.3 Å². The Morgan fingerprint density at radius 3 is 2.63 bits per heavy atom. The first-order valence-corrected chi connectivity index (χ1v) is 9.35. The van der Waals surface area contributed by atoms with E-state index in [1.807, 2.05) is 12.1 Å². The molecule has 0 radical (unpaired) electrons. The van der Waals surface area contributed by atoms with E-state index in [0.29, 0.717) is 18.4 Å². The van der Waals surface area contributed by atoms with E-state index in [0.717, 1.165) is 36.6 Å². The third-order valence-corrected chi connectivity index (χ3v) is 5.77. The van der Waals surface area contributed by atoms with E-state index in [-0.39, 0.29) is 5.82 Å². The first kappa shape index (κ1) is 18.0. The molecule has 4 nitrogen and oxygen atoms in total. The molecule has 0 unspecified atom stereocenters. The smallest absolute Gasteiger partial charge is 0.129 e. The number of ether oxygens (including phenoxy) is 1. The van der Waals surface area contributed by atoms with Gasteiger partial charge in [0.25, 0.3) is 0 Å². The van der Waals surface area contributed by atoms with Gasteiger partial charge < -0.3 is 14.8 Å². The highest BCUT2D eigenvalue weighted by atomic mass is 19.1. The summed E-state index contributed by atoms with van der Waals surface area (Å²) in [5.74, 6) is 0.517. The molecule has 0 saturated carbocycles. The monoisotopic (exact) mass is 368 g/mol. The van der Waals surface area contributed by atoms with Crippen molar-refractivity contribution in [3.63, 3.8) is 0 Å². The Morgan fingerprint density at radius 1 is 1.19 bits per heavy atom. The van der Waals surface area contributed by atoms with Crippen LogP contribution in [-0.4, -0.2) is 35.2 Å². The first-order valence-electron chi connectivity index (χ1n) is 9.35. The summed E-state index contributed by atoms with van der Waals surface area (Å²) >= 11 is 0. The maximum absolute atomic E-state index is 14.1. The largest absolute Gasteiger partial charge is 0.497 e. The molecule has 1 saturated heterocycles. The average Bonchev–Trinajstić information content (AvgIpc) is 2.98. The van der Waals surface area contributed by atoms with Crippen LogP contribution >= 0.6 is 0 Å². The molecule has 0 amide bonds. The van der Waals surface area contributed by atoms with E-state index in [9.17, 15) is 9.50 Å². The van der Waals surface area contributed by atoms with Crippen LogP contribution in [0, 0.1) is 12.7 Å². The molecule has 0 spiro atoms. The van der Waals surface area contributed by atoms with Gasteiger partial charge in [0.2, 0.25) is 0 Å². The summed E-state index contributed by atoms with van der Waals surface area (Å²) in [6.45, 7) is 4.33. The summed E-state index contributed by atoms with van der Waals surface area (Å²) in [7, 11) is 1.68. The highest BCUT2D eigenvalue weighted by molar-refractivity contribution is 5.86. The Kier molecular flexibility index (Phi) is 4.66. The van der Waals surface area contributed by atoms with Gasteiger partial charge in [-0.3, -0.25) is 4.90 Å². The van der Waals surface area contributed by atoms with Gasteiger partial charge >= 0.3 is 0 Å². The lowest BCUT2D eigenvalue weighted by molar-refractivity contribution is -0.0302. The Balaban J connectivity index is 1.52. The van der Waals surface area contributed by atoms with Gasteiger partial charge in [0.15, 0.2) is 0 Å².